The van der Waals surface area contributed by atoms with Crippen molar-refractivity contribution < 1.29 is 8.76 Å². The number of aromatic nitrogens is 3. The third-order valence-electron chi connectivity index (χ3n) is 1.69. The first kappa shape index (κ1) is 9.04. The van der Waals surface area contributed by atoms with Crippen molar-refractivity contribution in [3.05, 3.63) is 36.9 Å². The molecule has 0 aliphatic carbocycles. The maximum Gasteiger partial charge on any atom is 0.138 e. The summed E-state index contributed by atoms with van der Waals surface area (Å²) in [5.74, 6) is 0. The molecule has 0 aliphatic heterocycles. The smallest absolute Gasteiger partial charge is 0.138 e. The Kier molecular flexibility index (Phi) is 2.38. The standard InChI is InChI=1S/C8H7N3O2S/c12-14(13)8-3-1-2-7(4-8)11-6-9-5-10-11/h1-6H,(H,12,13)/p-1. The van der Waals surface area contributed by atoms with Crippen LogP contribution in [0.15, 0.2) is 41.8 Å². The van der Waals surface area contributed by atoms with Crippen LogP contribution in [0.3, 0.4) is 0 Å². The monoisotopic (exact) mass is 208 g/mol. The highest BCUT2D eigenvalue weighted by atomic mass is 32.2. The summed E-state index contributed by atoms with van der Waals surface area (Å²) >= 11 is -2.21. The molecule has 5 nitrogen and oxygen atoms in total. The molecular formula is C8H6N3O2S-. The largest absolute Gasteiger partial charge is 0.768 e. The second-order valence-corrected chi connectivity index (χ2v) is 3.51. The van der Waals surface area contributed by atoms with Gasteiger partial charge in [0.25, 0.3) is 0 Å². The number of hydrogen-bond acceptors (Lipinski definition) is 4. The molecule has 0 saturated carbocycles. The lowest BCUT2D eigenvalue weighted by atomic mass is 10.3. The van der Waals surface area contributed by atoms with E-state index in [0.717, 1.165) is 0 Å². The van der Waals surface area contributed by atoms with Gasteiger partial charge in [0.05, 0.1) is 5.69 Å². The Hall–Kier alpha value is -1.53. The van der Waals surface area contributed by atoms with E-state index in [4.69, 9.17) is 0 Å². The fourth-order valence-corrected chi connectivity index (χ4v) is 1.48. The first-order valence-electron chi connectivity index (χ1n) is 3.82. The molecule has 2 rings (SSSR count). The summed E-state index contributed by atoms with van der Waals surface area (Å²) in [6.07, 6.45) is 2.90. The van der Waals surface area contributed by atoms with E-state index in [0.29, 0.717) is 5.69 Å². The van der Waals surface area contributed by atoms with Gasteiger partial charge in [-0.15, -0.1) is 0 Å². The second kappa shape index (κ2) is 3.69. The third kappa shape index (κ3) is 1.70. The molecule has 1 heterocycles. The Morgan fingerprint density at radius 3 is 2.93 bits per heavy atom. The van der Waals surface area contributed by atoms with Crippen molar-refractivity contribution in [2.45, 2.75) is 4.90 Å². The minimum Gasteiger partial charge on any atom is -0.768 e. The van der Waals surface area contributed by atoms with E-state index in [9.17, 15) is 8.76 Å². The summed E-state index contributed by atoms with van der Waals surface area (Å²) in [4.78, 5) is 4.01. The van der Waals surface area contributed by atoms with Gasteiger partial charge >= 0.3 is 0 Å². The normalized spacial score (nSPS) is 12.6. The molecule has 0 aliphatic rings. The number of benzene rings is 1. The van der Waals surface area contributed by atoms with Crippen molar-refractivity contribution >= 4 is 11.1 Å². The lowest BCUT2D eigenvalue weighted by Crippen LogP contribution is -1.96. The molecule has 1 unspecified atom stereocenters. The SMILES string of the molecule is O=S([O-])c1cccc(-n2cncn2)c1. The van der Waals surface area contributed by atoms with Crippen molar-refractivity contribution in [1.29, 1.82) is 0 Å². The Bertz CT molecular complexity index is 455. The summed E-state index contributed by atoms with van der Waals surface area (Å²) in [6, 6.07) is 6.45. The Morgan fingerprint density at radius 1 is 1.43 bits per heavy atom. The van der Waals surface area contributed by atoms with Crippen LogP contribution in [0, 0.1) is 0 Å². The second-order valence-electron chi connectivity index (χ2n) is 2.57. The Labute approximate surface area is 82.7 Å². The molecule has 1 aromatic heterocycles. The third-order valence-corrected chi connectivity index (χ3v) is 2.33. The van der Waals surface area contributed by atoms with Gasteiger partial charge in [-0.05, 0) is 29.3 Å². The molecule has 0 saturated heterocycles. The Balaban J connectivity index is 2.46. The highest BCUT2D eigenvalue weighted by Gasteiger charge is 1.98. The van der Waals surface area contributed by atoms with Crippen molar-refractivity contribution in [2.24, 2.45) is 0 Å². The van der Waals surface area contributed by atoms with E-state index in [1.54, 1.807) is 12.1 Å². The molecule has 1 atom stereocenters. The van der Waals surface area contributed by atoms with Gasteiger partial charge < -0.3 is 4.55 Å². The van der Waals surface area contributed by atoms with Gasteiger partial charge in [-0.2, -0.15) is 5.10 Å². The maximum atomic E-state index is 10.7. The van der Waals surface area contributed by atoms with E-state index in [1.165, 1.54) is 29.5 Å². The van der Waals surface area contributed by atoms with Crippen molar-refractivity contribution in [3.63, 3.8) is 0 Å². The predicted molar refractivity (Wildman–Crippen MR) is 48.5 cm³/mol. The molecule has 0 radical (unpaired) electrons. The molecule has 2 aromatic rings. The van der Waals surface area contributed by atoms with E-state index < -0.39 is 11.1 Å². The fraction of sp³-hybridized carbons (Fsp3) is 0. The van der Waals surface area contributed by atoms with Gasteiger partial charge in [0.15, 0.2) is 0 Å². The zero-order valence-electron chi connectivity index (χ0n) is 7.03. The van der Waals surface area contributed by atoms with E-state index in [1.807, 2.05) is 0 Å². The van der Waals surface area contributed by atoms with Gasteiger partial charge in [0.2, 0.25) is 0 Å². The average molecular weight is 208 g/mol. The molecular weight excluding hydrogens is 202 g/mol. The van der Waals surface area contributed by atoms with Gasteiger partial charge in [0, 0.05) is 4.90 Å². The molecule has 0 amide bonds. The quantitative estimate of drug-likeness (QED) is 0.674. The van der Waals surface area contributed by atoms with Gasteiger partial charge in [-0.1, -0.05) is 6.07 Å². The fourth-order valence-electron chi connectivity index (χ4n) is 1.07. The number of nitrogens with zero attached hydrogens (tertiary/aromatic N) is 3. The summed E-state index contributed by atoms with van der Waals surface area (Å²) in [6.45, 7) is 0. The van der Waals surface area contributed by atoms with E-state index in [2.05, 4.69) is 10.1 Å². The summed E-state index contributed by atoms with van der Waals surface area (Å²) in [7, 11) is 0. The molecule has 6 heteroatoms. The van der Waals surface area contributed by atoms with Crippen LogP contribution < -0.4 is 0 Å². The lowest BCUT2D eigenvalue weighted by Gasteiger charge is -2.06. The molecule has 0 bridgehead atoms. The van der Waals surface area contributed by atoms with E-state index in [-0.39, 0.29) is 4.90 Å². The maximum absolute atomic E-state index is 10.7. The summed E-state index contributed by atoms with van der Waals surface area (Å²) in [5.41, 5.74) is 0.671. The topological polar surface area (TPSA) is 70.8 Å². The zero-order chi connectivity index (χ0) is 9.97. The van der Waals surface area contributed by atoms with E-state index >= 15 is 0 Å². The minimum atomic E-state index is -2.21. The highest BCUT2D eigenvalue weighted by Crippen LogP contribution is 2.10. The van der Waals surface area contributed by atoms with Crippen molar-refractivity contribution in [1.82, 2.24) is 14.8 Å². The lowest BCUT2D eigenvalue weighted by molar-refractivity contribution is 0.537. The van der Waals surface area contributed by atoms with Crippen LogP contribution in [0.4, 0.5) is 0 Å². The van der Waals surface area contributed by atoms with Crippen LogP contribution in [0.5, 0.6) is 0 Å². The molecule has 14 heavy (non-hydrogen) atoms. The minimum absolute atomic E-state index is 0.234. The zero-order valence-corrected chi connectivity index (χ0v) is 7.85. The van der Waals surface area contributed by atoms with Crippen molar-refractivity contribution in [2.75, 3.05) is 0 Å². The first-order valence-corrected chi connectivity index (χ1v) is 4.89. The van der Waals surface area contributed by atoms with Crippen molar-refractivity contribution in [3.8, 4) is 5.69 Å². The van der Waals surface area contributed by atoms with Crippen LogP contribution in [-0.2, 0) is 11.1 Å². The first-order chi connectivity index (χ1) is 6.77. The van der Waals surface area contributed by atoms with Crippen LogP contribution >= 0.6 is 0 Å². The summed E-state index contributed by atoms with van der Waals surface area (Å²) in [5, 5.41) is 3.89. The molecule has 72 valence electrons. The number of rotatable bonds is 2. The van der Waals surface area contributed by atoms with Crippen LogP contribution in [0.2, 0.25) is 0 Å². The predicted octanol–water partition coefficient (Wildman–Crippen LogP) is 0.505. The Morgan fingerprint density at radius 2 is 2.29 bits per heavy atom. The van der Waals surface area contributed by atoms with Gasteiger partial charge in [-0.25, -0.2) is 9.67 Å². The van der Waals surface area contributed by atoms with Crippen LogP contribution in [0.25, 0.3) is 5.69 Å². The average Bonchev–Trinajstić information content (AvgIpc) is 2.71. The number of hydrogen-bond donors (Lipinski definition) is 0. The van der Waals surface area contributed by atoms with Gasteiger partial charge in [0.1, 0.15) is 12.7 Å². The highest BCUT2D eigenvalue weighted by molar-refractivity contribution is 7.79. The summed E-state index contributed by atoms with van der Waals surface area (Å²) < 4.78 is 22.9. The molecule has 0 fully saturated rings. The van der Waals surface area contributed by atoms with Crippen LogP contribution in [0.1, 0.15) is 0 Å². The molecule has 0 spiro atoms. The molecule has 1 aromatic carbocycles. The van der Waals surface area contributed by atoms with Crippen LogP contribution in [-0.4, -0.2) is 23.5 Å². The molecule has 0 N–H and O–H groups in total. The van der Waals surface area contributed by atoms with Gasteiger partial charge in [-0.3, -0.25) is 4.21 Å².